The average molecular weight is 410 g/mol. The molecule has 146 valence electrons. The highest BCUT2D eigenvalue weighted by molar-refractivity contribution is 7.86. The second-order valence-corrected chi connectivity index (χ2v) is 7.66. The first-order valence-corrected chi connectivity index (χ1v) is 9.79. The lowest BCUT2D eigenvalue weighted by Gasteiger charge is -2.09. The fourth-order valence-electron chi connectivity index (χ4n) is 3.16. The smallest absolute Gasteiger partial charge is 0.295 e. The SMILES string of the molecule is O=S(=O)(O)c1cc(O)c(N=Nc2c(O)cc(O)c3ccccc23)c2ccccc12. The number of phenolic OH excluding ortho intramolecular Hbond substituents is 3. The van der Waals surface area contributed by atoms with Crippen LogP contribution in [0.25, 0.3) is 21.5 Å². The van der Waals surface area contributed by atoms with Crippen LogP contribution in [0.5, 0.6) is 17.2 Å². The quantitative estimate of drug-likeness (QED) is 0.283. The summed E-state index contributed by atoms with van der Waals surface area (Å²) in [7, 11) is -4.58. The van der Waals surface area contributed by atoms with Crippen LogP contribution >= 0.6 is 0 Å². The van der Waals surface area contributed by atoms with E-state index in [2.05, 4.69) is 10.2 Å². The molecule has 0 saturated heterocycles. The fourth-order valence-corrected chi connectivity index (χ4v) is 3.88. The predicted molar refractivity (Wildman–Crippen MR) is 107 cm³/mol. The first-order valence-electron chi connectivity index (χ1n) is 8.35. The Balaban J connectivity index is 1.96. The first-order chi connectivity index (χ1) is 13.8. The minimum atomic E-state index is -4.58. The van der Waals surface area contributed by atoms with E-state index in [4.69, 9.17) is 0 Å². The highest BCUT2D eigenvalue weighted by atomic mass is 32.2. The van der Waals surface area contributed by atoms with Gasteiger partial charge in [0.1, 0.15) is 33.5 Å². The number of hydrogen-bond acceptors (Lipinski definition) is 7. The largest absolute Gasteiger partial charge is 0.507 e. The summed E-state index contributed by atoms with van der Waals surface area (Å²) in [5.74, 6) is -0.950. The maximum absolute atomic E-state index is 11.6. The van der Waals surface area contributed by atoms with Gasteiger partial charge < -0.3 is 15.3 Å². The maximum Gasteiger partial charge on any atom is 0.295 e. The predicted octanol–water partition coefficient (Wildman–Crippen LogP) is 4.77. The molecule has 0 bridgehead atoms. The van der Waals surface area contributed by atoms with Crippen molar-refractivity contribution in [3.63, 3.8) is 0 Å². The van der Waals surface area contributed by atoms with Crippen molar-refractivity contribution in [2.75, 3.05) is 0 Å². The molecule has 0 radical (unpaired) electrons. The van der Waals surface area contributed by atoms with Crippen molar-refractivity contribution in [3.05, 3.63) is 60.7 Å². The Morgan fingerprint density at radius 1 is 0.621 bits per heavy atom. The molecule has 0 aliphatic carbocycles. The minimum Gasteiger partial charge on any atom is -0.507 e. The molecule has 4 aromatic carbocycles. The van der Waals surface area contributed by atoms with Crippen molar-refractivity contribution < 1.29 is 28.3 Å². The molecule has 9 heteroatoms. The highest BCUT2D eigenvalue weighted by Gasteiger charge is 2.19. The van der Waals surface area contributed by atoms with Crippen LogP contribution in [-0.2, 0) is 10.1 Å². The topological polar surface area (TPSA) is 140 Å². The third kappa shape index (κ3) is 3.22. The first kappa shape index (κ1) is 18.7. The minimum absolute atomic E-state index is 0.0374. The van der Waals surface area contributed by atoms with Crippen LogP contribution < -0.4 is 0 Å². The molecule has 29 heavy (non-hydrogen) atoms. The van der Waals surface area contributed by atoms with E-state index < -0.39 is 20.8 Å². The van der Waals surface area contributed by atoms with E-state index in [1.807, 2.05) is 0 Å². The van der Waals surface area contributed by atoms with Crippen molar-refractivity contribution in [1.82, 2.24) is 0 Å². The van der Waals surface area contributed by atoms with E-state index in [0.717, 1.165) is 12.1 Å². The van der Waals surface area contributed by atoms with E-state index in [9.17, 15) is 28.3 Å². The molecule has 0 spiro atoms. The number of aromatic hydroxyl groups is 3. The van der Waals surface area contributed by atoms with Gasteiger partial charge in [-0.05, 0) is 0 Å². The molecule has 0 saturated carbocycles. The summed E-state index contributed by atoms with van der Waals surface area (Å²) in [5.41, 5.74) is 0.0327. The van der Waals surface area contributed by atoms with Gasteiger partial charge in [0, 0.05) is 33.7 Å². The summed E-state index contributed by atoms with van der Waals surface area (Å²) in [4.78, 5) is -0.456. The zero-order chi connectivity index (χ0) is 20.8. The Labute approximate surface area is 164 Å². The molecule has 0 aromatic heterocycles. The van der Waals surface area contributed by atoms with E-state index in [1.165, 1.54) is 12.1 Å². The normalized spacial score (nSPS) is 12.2. The van der Waals surface area contributed by atoms with Crippen molar-refractivity contribution in [1.29, 1.82) is 0 Å². The summed E-state index contributed by atoms with van der Waals surface area (Å²) < 4.78 is 32.7. The molecule has 0 heterocycles. The standard InChI is InChI=1S/C20H14N2O6S/c23-15-9-16(24)19(13-7-3-1-5-11(13)15)21-22-20-14-8-4-2-6-12(14)18(10-17(20)25)29(26,27)28/h1-10,23-25H,(H,26,27,28). The number of hydrogen-bond donors (Lipinski definition) is 4. The number of rotatable bonds is 3. The third-order valence-corrected chi connectivity index (χ3v) is 5.35. The van der Waals surface area contributed by atoms with Gasteiger partial charge in [0.15, 0.2) is 0 Å². The van der Waals surface area contributed by atoms with Crippen LogP contribution in [0.2, 0.25) is 0 Å². The number of benzene rings is 4. The zero-order valence-corrected chi connectivity index (χ0v) is 15.5. The Hall–Kier alpha value is -3.69. The number of nitrogens with zero attached hydrogens (tertiary/aromatic N) is 2. The van der Waals surface area contributed by atoms with Crippen molar-refractivity contribution in [2.45, 2.75) is 4.90 Å². The van der Waals surface area contributed by atoms with Crippen molar-refractivity contribution >= 4 is 43.0 Å². The second-order valence-electron chi connectivity index (χ2n) is 6.27. The molecule has 0 fully saturated rings. The second kappa shape index (κ2) is 6.73. The number of fused-ring (bicyclic) bond motifs is 2. The van der Waals surface area contributed by atoms with E-state index in [1.54, 1.807) is 36.4 Å². The lowest BCUT2D eigenvalue weighted by atomic mass is 10.1. The lowest BCUT2D eigenvalue weighted by molar-refractivity contribution is 0.455. The van der Waals surface area contributed by atoms with Gasteiger partial charge in [-0.15, -0.1) is 10.2 Å². The van der Waals surface area contributed by atoms with Crippen LogP contribution in [0.15, 0.2) is 75.8 Å². The highest BCUT2D eigenvalue weighted by Crippen LogP contribution is 2.43. The zero-order valence-electron chi connectivity index (χ0n) is 14.7. The van der Waals surface area contributed by atoms with Gasteiger partial charge in [0.05, 0.1) is 0 Å². The summed E-state index contributed by atoms with van der Waals surface area (Å²) in [5, 5.41) is 39.9. The Bertz CT molecular complexity index is 1410. The molecule has 8 nitrogen and oxygen atoms in total. The van der Waals surface area contributed by atoms with E-state index >= 15 is 0 Å². The van der Waals surface area contributed by atoms with Crippen molar-refractivity contribution in [3.8, 4) is 17.2 Å². The van der Waals surface area contributed by atoms with Crippen LogP contribution in [0, 0.1) is 0 Å². The average Bonchev–Trinajstić information content (AvgIpc) is 2.68. The molecule has 0 unspecified atom stereocenters. The van der Waals surface area contributed by atoms with Crippen LogP contribution in [0.1, 0.15) is 0 Å². The van der Waals surface area contributed by atoms with Gasteiger partial charge in [-0.3, -0.25) is 4.55 Å². The summed E-state index contributed by atoms with van der Waals surface area (Å²) >= 11 is 0. The Morgan fingerprint density at radius 2 is 1.07 bits per heavy atom. The van der Waals surface area contributed by atoms with Gasteiger partial charge in [-0.1, -0.05) is 48.5 Å². The molecular formula is C20H14N2O6S. The van der Waals surface area contributed by atoms with E-state index in [-0.39, 0.29) is 33.6 Å². The van der Waals surface area contributed by atoms with Crippen LogP contribution in [0.3, 0.4) is 0 Å². The van der Waals surface area contributed by atoms with Crippen LogP contribution in [0.4, 0.5) is 11.4 Å². The fraction of sp³-hybridized carbons (Fsp3) is 0. The summed E-state index contributed by atoms with van der Waals surface area (Å²) in [6.07, 6.45) is 0. The molecule has 0 atom stereocenters. The maximum atomic E-state index is 11.6. The number of phenols is 3. The van der Waals surface area contributed by atoms with Crippen LogP contribution in [-0.4, -0.2) is 28.3 Å². The molecule has 4 rings (SSSR count). The monoisotopic (exact) mass is 410 g/mol. The molecule has 4 N–H and O–H groups in total. The van der Waals surface area contributed by atoms with E-state index in [0.29, 0.717) is 10.8 Å². The third-order valence-electron chi connectivity index (χ3n) is 4.46. The molecule has 0 amide bonds. The van der Waals surface area contributed by atoms with Gasteiger partial charge >= 0.3 is 0 Å². The summed E-state index contributed by atoms with van der Waals surface area (Å²) in [6, 6.07) is 14.9. The Morgan fingerprint density at radius 3 is 1.62 bits per heavy atom. The van der Waals surface area contributed by atoms with Gasteiger partial charge in [-0.25, -0.2) is 0 Å². The van der Waals surface area contributed by atoms with Gasteiger partial charge in [-0.2, -0.15) is 8.42 Å². The van der Waals surface area contributed by atoms with Gasteiger partial charge in [0.25, 0.3) is 10.1 Å². The van der Waals surface area contributed by atoms with Gasteiger partial charge in [0.2, 0.25) is 0 Å². The Kier molecular flexibility index (Phi) is 4.33. The van der Waals surface area contributed by atoms with Crippen molar-refractivity contribution in [2.24, 2.45) is 10.2 Å². The summed E-state index contributed by atoms with van der Waals surface area (Å²) in [6.45, 7) is 0. The number of azo groups is 1. The molecular weight excluding hydrogens is 396 g/mol. The molecule has 4 aromatic rings. The molecule has 0 aliphatic rings. The lowest BCUT2D eigenvalue weighted by Crippen LogP contribution is -1.99. The molecule has 0 aliphatic heterocycles.